The number of guanidine groups is 1. The maximum Gasteiger partial charge on any atom is 0.191 e. The lowest BCUT2D eigenvalue weighted by molar-refractivity contribution is 0.159. The lowest BCUT2D eigenvalue weighted by Gasteiger charge is -2.33. The van der Waals surface area contributed by atoms with Crippen molar-refractivity contribution in [1.82, 2.24) is 20.5 Å². The van der Waals surface area contributed by atoms with Crippen LogP contribution in [-0.2, 0) is 13.0 Å². The van der Waals surface area contributed by atoms with Gasteiger partial charge < -0.3 is 15.5 Å². The van der Waals surface area contributed by atoms with Crippen LogP contribution in [0.1, 0.15) is 57.2 Å². The number of thiazole rings is 1. The van der Waals surface area contributed by atoms with Crippen LogP contribution < -0.4 is 10.6 Å². The zero-order valence-corrected chi connectivity index (χ0v) is 16.3. The first-order chi connectivity index (χ1) is 11.7. The van der Waals surface area contributed by atoms with Crippen LogP contribution in [0.5, 0.6) is 0 Å². The lowest BCUT2D eigenvalue weighted by Crippen LogP contribution is -2.41. The van der Waals surface area contributed by atoms with Gasteiger partial charge in [-0.25, -0.2) is 9.98 Å². The summed E-state index contributed by atoms with van der Waals surface area (Å²) in [4.78, 5) is 11.9. The number of aliphatic imine (C=N–C) groups is 1. The molecule has 1 fully saturated rings. The first kappa shape index (κ1) is 19.2. The molecule has 6 heteroatoms. The number of hydrogen-bond donors (Lipinski definition) is 2. The monoisotopic (exact) mass is 351 g/mol. The molecule has 1 unspecified atom stereocenters. The highest BCUT2D eigenvalue weighted by atomic mass is 32.1. The average Bonchev–Trinajstić information content (AvgIpc) is 3.06. The summed E-state index contributed by atoms with van der Waals surface area (Å²) in [6.07, 6.45) is 6.26. The fourth-order valence-electron chi connectivity index (χ4n) is 3.06. The Morgan fingerprint density at radius 1 is 1.38 bits per heavy atom. The molecule has 0 aliphatic carbocycles. The van der Waals surface area contributed by atoms with Crippen LogP contribution in [0.15, 0.2) is 10.4 Å². The number of nitrogens with zero attached hydrogens (tertiary/aromatic N) is 3. The highest BCUT2D eigenvalue weighted by Gasteiger charge is 2.17. The van der Waals surface area contributed by atoms with E-state index in [1.807, 2.05) is 0 Å². The summed E-state index contributed by atoms with van der Waals surface area (Å²) < 4.78 is 0. The van der Waals surface area contributed by atoms with E-state index < -0.39 is 0 Å². The van der Waals surface area contributed by atoms with Gasteiger partial charge in [-0.15, -0.1) is 11.3 Å². The summed E-state index contributed by atoms with van der Waals surface area (Å²) >= 11 is 1.73. The molecule has 5 nitrogen and oxygen atoms in total. The van der Waals surface area contributed by atoms with Gasteiger partial charge >= 0.3 is 0 Å². The Labute approximate surface area is 151 Å². The van der Waals surface area contributed by atoms with E-state index in [0.717, 1.165) is 43.6 Å². The number of aryl methyl sites for hydroxylation is 1. The van der Waals surface area contributed by atoms with Crippen molar-refractivity contribution in [2.75, 3.05) is 26.2 Å². The van der Waals surface area contributed by atoms with E-state index in [4.69, 9.17) is 0 Å². The third kappa shape index (κ3) is 6.40. The molecule has 0 aromatic carbocycles. The summed E-state index contributed by atoms with van der Waals surface area (Å²) in [6.45, 7) is 11.5. The van der Waals surface area contributed by atoms with E-state index in [-0.39, 0.29) is 0 Å². The van der Waals surface area contributed by atoms with Crippen molar-refractivity contribution in [3.8, 4) is 0 Å². The summed E-state index contributed by atoms with van der Waals surface area (Å²) in [7, 11) is 0. The second-order valence-corrected chi connectivity index (χ2v) is 7.39. The standard InChI is InChI=1S/C18H33N5S/c1-4-17-22-16(14-24-17)13-21-18(19-5-2)20-10-8-12-23-11-7-6-9-15(23)3/h14-15H,4-13H2,1-3H3,(H2,19,20,21). The summed E-state index contributed by atoms with van der Waals surface area (Å²) in [5, 5.41) is 10.1. The van der Waals surface area contributed by atoms with E-state index in [9.17, 15) is 0 Å². The number of piperidine rings is 1. The van der Waals surface area contributed by atoms with Gasteiger partial charge in [0.2, 0.25) is 0 Å². The van der Waals surface area contributed by atoms with Gasteiger partial charge in [0.1, 0.15) is 0 Å². The number of likely N-dealkylation sites (tertiary alicyclic amines) is 1. The smallest absolute Gasteiger partial charge is 0.191 e. The molecule has 2 heterocycles. The topological polar surface area (TPSA) is 52.6 Å². The molecule has 1 saturated heterocycles. The molecular weight excluding hydrogens is 318 g/mol. The molecular formula is C18H33N5S. The van der Waals surface area contributed by atoms with Gasteiger partial charge in [0.25, 0.3) is 0 Å². The van der Waals surface area contributed by atoms with Crippen LogP contribution in [0, 0.1) is 0 Å². The molecule has 0 bridgehead atoms. The van der Waals surface area contributed by atoms with Crippen LogP contribution in [0.2, 0.25) is 0 Å². The molecule has 0 amide bonds. The van der Waals surface area contributed by atoms with Crippen molar-refractivity contribution in [2.24, 2.45) is 4.99 Å². The Morgan fingerprint density at radius 2 is 2.25 bits per heavy atom. The van der Waals surface area contributed by atoms with Crippen LogP contribution in [-0.4, -0.2) is 48.1 Å². The van der Waals surface area contributed by atoms with Gasteiger partial charge in [-0.05, 0) is 46.1 Å². The zero-order chi connectivity index (χ0) is 17.2. The van der Waals surface area contributed by atoms with Crippen LogP contribution in [0.4, 0.5) is 0 Å². The summed E-state index contributed by atoms with van der Waals surface area (Å²) in [6, 6.07) is 0.748. The molecule has 1 aliphatic heterocycles. The largest absolute Gasteiger partial charge is 0.357 e. The average molecular weight is 352 g/mol. The van der Waals surface area contributed by atoms with Crippen LogP contribution in [0.3, 0.4) is 0 Å². The fraction of sp³-hybridized carbons (Fsp3) is 0.778. The zero-order valence-electron chi connectivity index (χ0n) is 15.5. The van der Waals surface area contributed by atoms with Gasteiger partial charge in [-0.2, -0.15) is 0 Å². The van der Waals surface area contributed by atoms with E-state index in [1.54, 1.807) is 11.3 Å². The fourth-order valence-corrected chi connectivity index (χ4v) is 3.80. The summed E-state index contributed by atoms with van der Waals surface area (Å²) in [5.74, 6) is 0.898. The molecule has 0 spiro atoms. The van der Waals surface area contributed by atoms with E-state index in [0.29, 0.717) is 6.54 Å². The van der Waals surface area contributed by atoms with Crippen molar-refractivity contribution in [3.05, 3.63) is 16.1 Å². The SMILES string of the molecule is CCNC(=NCc1csc(CC)n1)NCCCN1CCCCC1C. The minimum absolute atomic E-state index is 0.648. The highest BCUT2D eigenvalue weighted by Crippen LogP contribution is 2.16. The lowest BCUT2D eigenvalue weighted by atomic mass is 10.0. The molecule has 0 radical (unpaired) electrons. The molecule has 2 rings (SSSR count). The van der Waals surface area contributed by atoms with Gasteiger partial charge in [-0.1, -0.05) is 13.3 Å². The van der Waals surface area contributed by atoms with Crippen molar-refractivity contribution in [3.63, 3.8) is 0 Å². The quantitative estimate of drug-likeness (QED) is 0.429. The van der Waals surface area contributed by atoms with Gasteiger partial charge in [0, 0.05) is 31.1 Å². The molecule has 24 heavy (non-hydrogen) atoms. The van der Waals surface area contributed by atoms with E-state index in [1.165, 1.54) is 37.4 Å². The Balaban J connectivity index is 1.72. The second kappa shape index (κ2) is 10.7. The minimum atomic E-state index is 0.648. The molecule has 1 aromatic rings. The molecule has 136 valence electrons. The minimum Gasteiger partial charge on any atom is -0.357 e. The van der Waals surface area contributed by atoms with Gasteiger partial charge in [0.15, 0.2) is 5.96 Å². The second-order valence-electron chi connectivity index (χ2n) is 6.44. The first-order valence-electron chi connectivity index (χ1n) is 9.42. The predicted octanol–water partition coefficient (Wildman–Crippen LogP) is 3.03. The van der Waals surface area contributed by atoms with Crippen LogP contribution in [0.25, 0.3) is 0 Å². The number of rotatable bonds is 8. The maximum atomic E-state index is 4.66. The number of aromatic nitrogens is 1. The Morgan fingerprint density at radius 3 is 2.96 bits per heavy atom. The molecule has 1 atom stereocenters. The van der Waals surface area contributed by atoms with Crippen molar-refractivity contribution in [1.29, 1.82) is 0 Å². The Hall–Kier alpha value is -1.14. The Kier molecular flexibility index (Phi) is 8.53. The van der Waals surface area contributed by atoms with Crippen molar-refractivity contribution in [2.45, 2.75) is 65.5 Å². The third-order valence-electron chi connectivity index (χ3n) is 4.50. The van der Waals surface area contributed by atoms with Crippen molar-refractivity contribution >= 4 is 17.3 Å². The normalized spacial score (nSPS) is 19.5. The number of nitrogens with one attached hydrogen (secondary N) is 2. The third-order valence-corrected chi connectivity index (χ3v) is 5.54. The van der Waals surface area contributed by atoms with Gasteiger partial charge in [0.05, 0.1) is 17.2 Å². The molecule has 1 aliphatic rings. The van der Waals surface area contributed by atoms with E-state index in [2.05, 4.69) is 51.7 Å². The molecule has 0 saturated carbocycles. The van der Waals surface area contributed by atoms with Crippen molar-refractivity contribution < 1.29 is 0 Å². The van der Waals surface area contributed by atoms with Gasteiger partial charge in [-0.3, -0.25) is 0 Å². The van der Waals surface area contributed by atoms with Crippen LogP contribution >= 0.6 is 11.3 Å². The molecule has 2 N–H and O–H groups in total. The van der Waals surface area contributed by atoms with E-state index >= 15 is 0 Å². The number of hydrogen-bond acceptors (Lipinski definition) is 4. The highest BCUT2D eigenvalue weighted by molar-refractivity contribution is 7.09. The molecule has 1 aromatic heterocycles. The maximum absolute atomic E-state index is 4.66. The Bertz CT molecular complexity index is 499. The predicted molar refractivity (Wildman–Crippen MR) is 104 cm³/mol. The first-order valence-corrected chi connectivity index (χ1v) is 10.3. The summed E-state index contributed by atoms with van der Waals surface area (Å²) in [5.41, 5.74) is 1.07.